The molecule has 2 aliphatic rings. The summed E-state index contributed by atoms with van der Waals surface area (Å²) in [5, 5.41) is 3.86. The van der Waals surface area contributed by atoms with E-state index in [2.05, 4.69) is 35.6 Å². The van der Waals surface area contributed by atoms with Gasteiger partial charge in [-0.3, -0.25) is 0 Å². The van der Waals surface area contributed by atoms with E-state index in [1.807, 2.05) is 0 Å². The molecule has 1 aromatic carbocycles. The van der Waals surface area contributed by atoms with Crippen LogP contribution in [-0.2, 0) is 0 Å². The summed E-state index contributed by atoms with van der Waals surface area (Å²) >= 11 is 0. The topological polar surface area (TPSA) is 38.0 Å². The standard InChI is InChI=1S/C16H24N2/c17-11-13-8-4-5-9-15(13)18-16-10-14(16)12-6-2-1-3-7-12/h1-3,6-7,13-16,18H,4-5,8-11,17H2. The molecular weight excluding hydrogens is 220 g/mol. The number of benzene rings is 1. The van der Waals surface area contributed by atoms with Crippen LogP contribution in [0.2, 0.25) is 0 Å². The molecule has 0 aliphatic heterocycles. The molecule has 18 heavy (non-hydrogen) atoms. The normalized spacial score (nSPS) is 35.4. The Morgan fingerprint density at radius 1 is 1.06 bits per heavy atom. The van der Waals surface area contributed by atoms with Crippen molar-refractivity contribution in [2.24, 2.45) is 11.7 Å². The van der Waals surface area contributed by atoms with Crippen LogP contribution in [0.25, 0.3) is 0 Å². The molecule has 4 unspecified atom stereocenters. The maximum atomic E-state index is 5.90. The average Bonchev–Trinajstić information content (AvgIpc) is 3.20. The fourth-order valence-electron chi connectivity index (χ4n) is 3.43. The highest BCUT2D eigenvalue weighted by Crippen LogP contribution is 2.42. The van der Waals surface area contributed by atoms with Crippen LogP contribution in [0.4, 0.5) is 0 Å². The molecule has 3 N–H and O–H groups in total. The van der Waals surface area contributed by atoms with Gasteiger partial charge in [-0.2, -0.15) is 0 Å². The van der Waals surface area contributed by atoms with E-state index in [0.29, 0.717) is 18.0 Å². The molecule has 0 saturated heterocycles. The quantitative estimate of drug-likeness (QED) is 0.854. The monoisotopic (exact) mass is 244 g/mol. The Labute approximate surface area is 110 Å². The first-order valence-corrected chi connectivity index (χ1v) is 7.39. The molecule has 2 aliphatic carbocycles. The number of rotatable bonds is 4. The van der Waals surface area contributed by atoms with Crippen LogP contribution in [0.1, 0.15) is 43.6 Å². The number of nitrogens with two attached hydrogens (primary N) is 1. The van der Waals surface area contributed by atoms with Gasteiger partial charge in [-0.1, -0.05) is 43.2 Å². The van der Waals surface area contributed by atoms with Gasteiger partial charge in [0.05, 0.1) is 0 Å². The lowest BCUT2D eigenvalue weighted by atomic mass is 9.84. The van der Waals surface area contributed by atoms with E-state index in [1.54, 1.807) is 0 Å². The molecule has 2 saturated carbocycles. The average molecular weight is 244 g/mol. The Kier molecular flexibility index (Phi) is 3.67. The van der Waals surface area contributed by atoms with E-state index in [-0.39, 0.29) is 0 Å². The third-order valence-corrected chi connectivity index (χ3v) is 4.66. The van der Waals surface area contributed by atoms with Gasteiger partial charge in [0.1, 0.15) is 0 Å². The van der Waals surface area contributed by atoms with Crippen molar-refractivity contribution < 1.29 is 0 Å². The molecular formula is C16H24N2. The SMILES string of the molecule is NCC1CCCCC1NC1CC1c1ccccc1. The molecule has 0 spiro atoms. The van der Waals surface area contributed by atoms with Crippen LogP contribution < -0.4 is 11.1 Å². The minimum absolute atomic E-state index is 0.669. The molecule has 0 amide bonds. The fourth-order valence-corrected chi connectivity index (χ4v) is 3.43. The van der Waals surface area contributed by atoms with Crippen molar-refractivity contribution in [3.05, 3.63) is 35.9 Å². The van der Waals surface area contributed by atoms with Crippen LogP contribution in [0.3, 0.4) is 0 Å². The van der Waals surface area contributed by atoms with Crippen molar-refractivity contribution in [2.45, 2.75) is 50.1 Å². The summed E-state index contributed by atoms with van der Waals surface area (Å²) in [6.45, 7) is 0.848. The Balaban J connectivity index is 1.55. The summed E-state index contributed by atoms with van der Waals surface area (Å²) in [5.74, 6) is 1.45. The van der Waals surface area contributed by atoms with Gasteiger partial charge < -0.3 is 11.1 Å². The van der Waals surface area contributed by atoms with E-state index >= 15 is 0 Å². The van der Waals surface area contributed by atoms with Crippen molar-refractivity contribution in [3.63, 3.8) is 0 Å². The molecule has 98 valence electrons. The van der Waals surface area contributed by atoms with Gasteiger partial charge in [0.15, 0.2) is 0 Å². The predicted molar refractivity (Wildman–Crippen MR) is 75.5 cm³/mol. The zero-order valence-corrected chi connectivity index (χ0v) is 11.0. The third-order valence-electron chi connectivity index (χ3n) is 4.66. The first-order valence-electron chi connectivity index (χ1n) is 7.39. The second-order valence-electron chi connectivity index (χ2n) is 5.91. The van der Waals surface area contributed by atoms with Crippen LogP contribution in [0.5, 0.6) is 0 Å². The summed E-state index contributed by atoms with van der Waals surface area (Å²) in [4.78, 5) is 0. The zero-order chi connectivity index (χ0) is 12.4. The van der Waals surface area contributed by atoms with Gasteiger partial charge >= 0.3 is 0 Å². The van der Waals surface area contributed by atoms with Gasteiger partial charge in [0, 0.05) is 18.0 Å². The van der Waals surface area contributed by atoms with Gasteiger partial charge in [0.25, 0.3) is 0 Å². The van der Waals surface area contributed by atoms with Crippen molar-refractivity contribution in [3.8, 4) is 0 Å². The molecule has 0 bridgehead atoms. The number of hydrogen-bond donors (Lipinski definition) is 2. The first kappa shape index (κ1) is 12.2. The number of hydrogen-bond acceptors (Lipinski definition) is 2. The lowest BCUT2D eigenvalue weighted by Gasteiger charge is -2.31. The van der Waals surface area contributed by atoms with Gasteiger partial charge in [-0.15, -0.1) is 0 Å². The first-order chi connectivity index (χ1) is 8.88. The molecule has 4 atom stereocenters. The Bertz CT molecular complexity index is 376. The van der Waals surface area contributed by atoms with E-state index in [0.717, 1.165) is 12.5 Å². The van der Waals surface area contributed by atoms with Crippen molar-refractivity contribution >= 4 is 0 Å². The summed E-state index contributed by atoms with van der Waals surface area (Å²) in [7, 11) is 0. The Hall–Kier alpha value is -0.860. The van der Waals surface area contributed by atoms with Crippen molar-refractivity contribution in [2.75, 3.05) is 6.54 Å². The lowest BCUT2D eigenvalue weighted by molar-refractivity contribution is 0.265. The summed E-state index contributed by atoms with van der Waals surface area (Å²) in [5.41, 5.74) is 7.39. The fraction of sp³-hybridized carbons (Fsp3) is 0.625. The van der Waals surface area contributed by atoms with E-state index < -0.39 is 0 Å². The maximum Gasteiger partial charge on any atom is 0.0145 e. The summed E-state index contributed by atoms with van der Waals surface area (Å²) in [6, 6.07) is 12.3. The summed E-state index contributed by atoms with van der Waals surface area (Å²) in [6.07, 6.45) is 6.68. The molecule has 0 aromatic heterocycles. The van der Waals surface area contributed by atoms with Gasteiger partial charge in [0.2, 0.25) is 0 Å². The van der Waals surface area contributed by atoms with Gasteiger partial charge in [-0.25, -0.2) is 0 Å². The minimum atomic E-state index is 0.669. The van der Waals surface area contributed by atoms with E-state index in [9.17, 15) is 0 Å². The molecule has 2 fully saturated rings. The highest BCUT2D eigenvalue weighted by molar-refractivity contribution is 5.27. The largest absolute Gasteiger partial charge is 0.330 e. The van der Waals surface area contributed by atoms with Crippen molar-refractivity contribution in [1.82, 2.24) is 5.32 Å². The molecule has 0 radical (unpaired) electrons. The summed E-state index contributed by atoms with van der Waals surface area (Å²) < 4.78 is 0. The lowest BCUT2D eigenvalue weighted by Crippen LogP contribution is -2.43. The van der Waals surface area contributed by atoms with Gasteiger partial charge in [-0.05, 0) is 37.3 Å². The Morgan fingerprint density at radius 2 is 1.83 bits per heavy atom. The smallest absolute Gasteiger partial charge is 0.0145 e. The van der Waals surface area contributed by atoms with Crippen molar-refractivity contribution in [1.29, 1.82) is 0 Å². The maximum absolute atomic E-state index is 5.90. The highest BCUT2D eigenvalue weighted by atomic mass is 15.0. The Morgan fingerprint density at radius 3 is 2.61 bits per heavy atom. The van der Waals surface area contributed by atoms with Crippen LogP contribution >= 0.6 is 0 Å². The molecule has 0 heterocycles. The molecule has 1 aromatic rings. The minimum Gasteiger partial charge on any atom is -0.330 e. The number of nitrogens with one attached hydrogen (secondary N) is 1. The van der Waals surface area contributed by atoms with Crippen LogP contribution in [-0.4, -0.2) is 18.6 Å². The predicted octanol–water partition coefficient (Wildman–Crippen LogP) is 2.65. The van der Waals surface area contributed by atoms with E-state index in [4.69, 9.17) is 5.73 Å². The molecule has 3 rings (SSSR count). The third kappa shape index (κ3) is 2.60. The zero-order valence-electron chi connectivity index (χ0n) is 11.0. The second-order valence-corrected chi connectivity index (χ2v) is 5.91. The molecule has 2 nitrogen and oxygen atoms in total. The highest BCUT2D eigenvalue weighted by Gasteiger charge is 2.40. The van der Waals surface area contributed by atoms with Crippen LogP contribution in [0, 0.1) is 5.92 Å². The van der Waals surface area contributed by atoms with E-state index in [1.165, 1.54) is 37.7 Å². The second kappa shape index (κ2) is 5.41. The molecule has 2 heteroatoms. The van der Waals surface area contributed by atoms with Crippen LogP contribution in [0.15, 0.2) is 30.3 Å².